The Hall–Kier alpha value is -2.59. The van der Waals surface area contributed by atoms with Gasteiger partial charge in [0.25, 0.3) is 0 Å². The third-order valence-corrected chi connectivity index (χ3v) is 4.22. The van der Waals surface area contributed by atoms with E-state index >= 15 is 0 Å². The third-order valence-electron chi connectivity index (χ3n) is 4.22. The first-order valence-corrected chi connectivity index (χ1v) is 8.61. The molecule has 25 heavy (non-hydrogen) atoms. The average Bonchev–Trinajstić information content (AvgIpc) is 2.59. The van der Waals surface area contributed by atoms with Crippen LogP contribution < -0.4 is 16.2 Å². The highest BCUT2D eigenvalue weighted by atomic mass is 16.5. The molecule has 3 rings (SSSR count). The molecule has 0 amide bonds. The van der Waals surface area contributed by atoms with Crippen LogP contribution in [0.2, 0.25) is 0 Å². The molecule has 0 spiro atoms. The molecule has 1 heterocycles. The molecular weight excluding hydrogens is 310 g/mol. The van der Waals surface area contributed by atoms with Gasteiger partial charge in [-0.15, -0.1) is 0 Å². The predicted octanol–water partition coefficient (Wildman–Crippen LogP) is 4.29. The predicted molar refractivity (Wildman–Crippen MR) is 105 cm³/mol. The van der Waals surface area contributed by atoms with E-state index in [0.29, 0.717) is 24.9 Å². The number of ether oxygens (including phenoxy) is 1. The summed E-state index contributed by atoms with van der Waals surface area (Å²) >= 11 is 0. The van der Waals surface area contributed by atoms with Crippen LogP contribution in [-0.2, 0) is 6.54 Å². The van der Waals surface area contributed by atoms with Gasteiger partial charge in [0.1, 0.15) is 11.6 Å². The number of rotatable bonds is 5. The normalized spacial score (nSPS) is 11.2. The van der Waals surface area contributed by atoms with Gasteiger partial charge in [0.15, 0.2) is 0 Å². The number of pyridine rings is 1. The molecule has 1 aromatic heterocycles. The Morgan fingerprint density at radius 3 is 2.48 bits per heavy atom. The van der Waals surface area contributed by atoms with Crippen LogP contribution >= 0.6 is 0 Å². The van der Waals surface area contributed by atoms with Crippen molar-refractivity contribution in [3.63, 3.8) is 0 Å². The molecule has 0 saturated heterocycles. The van der Waals surface area contributed by atoms with E-state index in [4.69, 9.17) is 16.2 Å². The fraction of sp³-hybridized carbons (Fsp3) is 0.286. The molecule has 0 aliphatic heterocycles. The van der Waals surface area contributed by atoms with Gasteiger partial charge in [0, 0.05) is 17.5 Å². The zero-order valence-electron chi connectivity index (χ0n) is 15.0. The number of nitrogens with two attached hydrogens (primary N) is 2. The first-order valence-electron chi connectivity index (χ1n) is 8.61. The Labute approximate surface area is 148 Å². The van der Waals surface area contributed by atoms with Gasteiger partial charge in [0.05, 0.1) is 12.1 Å². The molecule has 130 valence electrons. The number of nitrogens with zero attached hydrogens (tertiary/aromatic N) is 1. The number of hydrogen-bond acceptors (Lipinski definition) is 4. The van der Waals surface area contributed by atoms with Gasteiger partial charge in [-0.1, -0.05) is 32.0 Å². The minimum atomic E-state index is 0.444. The molecule has 0 unspecified atom stereocenters. The van der Waals surface area contributed by atoms with E-state index in [9.17, 15) is 0 Å². The molecule has 0 aliphatic rings. The summed E-state index contributed by atoms with van der Waals surface area (Å²) in [5.41, 5.74) is 17.1. The average molecular weight is 335 g/mol. The van der Waals surface area contributed by atoms with Gasteiger partial charge in [-0.3, -0.25) is 0 Å². The second-order valence-corrected chi connectivity index (χ2v) is 6.83. The number of aromatic nitrogens is 1. The summed E-state index contributed by atoms with van der Waals surface area (Å²) in [6.07, 6.45) is 0. The molecule has 0 radical (unpaired) electrons. The van der Waals surface area contributed by atoms with Crippen LogP contribution in [-0.4, -0.2) is 11.6 Å². The van der Waals surface area contributed by atoms with Crippen molar-refractivity contribution in [2.24, 2.45) is 11.7 Å². The summed E-state index contributed by atoms with van der Waals surface area (Å²) in [5.74, 6) is 1.88. The van der Waals surface area contributed by atoms with Crippen LogP contribution in [0, 0.1) is 12.8 Å². The summed E-state index contributed by atoms with van der Waals surface area (Å²) in [6.45, 7) is 7.44. The maximum Gasteiger partial charge on any atom is 0.124 e. The van der Waals surface area contributed by atoms with Crippen LogP contribution in [0.4, 0.5) is 5.82 Å². The van der Waals surface area contributed by atoms with E-state index in [2.05, 4.69) is 49.2 Å². The number of hydrogen-bond donors (Lipinski definition) is 2. The summed E-state index contributed by atoms with van der Waals surface area (Å²) in [4.78, 5) is 4.46. The molecule has 3 aromatic rings. The van der Waals surface area contributed by atoms with Crippen molar-refractivity contribution in [1.82, 2.24) is 4.98 Å². The van der Waals surface area contributed by atoms with Crippen molar-refractivity contribution in [2.75, 3.05) is 12.3 Å². The maximum absolute atomic E-state index is 5.93. The van der Waals surface area contributed by atoms with E-state index in [1.807, 2.05) is 19.1 Å². The van der Waals surface area contributed by atoms with E-state index in [0.717, 1.165) is 38.9 Å². The van der Waals surface area contributed by atoms with Crippen molar-refractivity contribution >= 4 is 16.7 Å². The molecule has 2 aromatic carbocycles. The van der Waals surface area contributed by atoms with Crippen LogP contribution in [0.25, 0.3) is 22.0 Å². The largest absolute Gasteiger partial charge is 0.493 e. The second-order valence-electron chi connectivity index (χ2n) is 6.83. The highest BCUT2D eigenvalue weighted by molar-refractivity contribution is 5.88. The molecule has 0 saturated carbocycles. The number of benzene rings is 2. The first-order chi connectivity index (χ1) is 12.0. The topological polar surface area (TPSA) is 74.2 Å². The van der Waals surface area contributed by atoms with Crippen LogP contribution in [0.3, 0.4) is 0 Å². The van der Waals surface area contributed by atoms with Crippen LogP contribution in [0.1, 0.15) is 25.0 Å². The summed E-state index contributed by atoms with van der Waals surface area (Å²) in [5, 5.41) is 1.12. The standard InChI is InChI=1S/C21H25N3O/c1-13(2)12-25-20-7-5-15(9-17(20)11-22)16-4-6-18-14(3)8-21(23)24-19(18)10-16/h4-10,13H,11-12,22H2,1-3H3,(H2,23,24). The SMILES string of the molecule is Cc1cc(N)nc2cc(-c3ccc(OCC(C)C)c(CN)c3)ccc12. The molecule has 0 aliphatic carbocycles. The van der Waals surface area contributed by atoms with Crippen molar-refractivity contribution in [1.29, 1.82) is 0 Å². The second kappa shape index (κ2) is 7.11. The number of fused-ring (bicyclic) bond motifs is 1. The maximum atomic E-state index is 5.93. The van der Waals surface area contributed by atoms with Gasteiger partial charge in [-0.2, -0.15) is 0 Å². The fourth-order valence-corrected chi connectivity index (χ4v) is 2.92. The van der Waals surface area contributed by atoms with Crippen molar-refractivity contribution in [2.45, 2.75) is 27.3 Å². The molecule has 0 fully saturated rings. The van der Waals surface area contributed by atoms with Crippen molar-refractivity contribution < 1.29 is 4.74 Å². The minimum absolute atomic E-state index is 0.444. The summed E-state index contributed by atoms with van der Waals surface area (Å²) < 4.78 is 5.87. The Morgan fingerprint density at radius 2 is 1.76 bits per heavy atom. The van der Waals surface area contributed by atoms with Crippen LogP contribution in [0.5, 0.6) is 5.75 Å². The van der Waals surface area contributed by atoms with Gasteiger partial charge < -0.3 is 16.2 Å². The molecule has 0 atom stereocenters. The number of anilines is 1. The number of nitrogen functional groups attached to an aromatic ring is 1. The zero-order valence-corrected chi connectivity index (χ0v) is 15.0. The fourth-order valence-electron chi connectivity index (χ4n) is 2.92. The smallest absolute Gasteiger partial charge is 0.124 e. The van der Waals surface area contributed by atoms with Crippen LogP contribution in [0.15, 0.2) is 42.5 Å². The molecule has 4 N–H and O–H groups in total. The molecule has 4 heteroatoms. The molecule has 4 nitrogen and oxygen atoms in total. The van der Waals surface area contributed by atoms with Gasteiger partial charge in [0.2, 0.25) is 0 Å². The Bertz CT molecular complexity index is 903. The Kier molecular flexibility index (Phi) is 4.91. The lowest BCUT2D eigenvalue weighted by Crippen LogP contribution is -2.08. The minimum Gasteiger partial charge on any atom is -0.493 e. The highest BCUT2D eigenvalue weighted by Crippen LogP contribution is 2.30. The van der Waals surface area contributed by atoms with Gasteiger partial charge in [-0.05, 0) is 53.8 Å². The van der Waals surface area contributed by atoms with Crippen molar-refractivity contribution in [3.8, 4) is 16.9 Å². The highest BCUT2D eigenvalue weighted by Gasteiger charge is 2.08. The third kappa shape index (κ3) is 3.74. The first kappa shape index (κ1) is 17.2. The lowest BCUT2D eigenvalue weighted by atomic mass is 9.99. The van der Waals surface area contributed by atoms with Gasteiger partial charge in [-0.25, -0.2) is 4.98 Å². The van der Waals surface area contributed by atoms with Gasteiger partial charge >= 0.3 is 0 Å². The summed E-state index contributed by atoms with van der Waals surface area (Å²) in [6, 6.07) is 14.3. The molecule has 0 bridgehead atoms. The van der Waals surface area contributed by atoms with E-state index in [1.165, 1.54) is 0 Å². The quantitative estimate of drug-likeness (QED) is 0.729. The monoisotopic (exact) mass is 335 g/mol. The van der Waals surface area contributed by atoms with E-state index < -0.39 is 0 Å². The lowest BCUT2D eigenvalue weighted by Gasteiger charge is -2.14. The Morgan fingerprint density at radius 1 is 1.04 bits per heavy atom. The van der Waals surface area contributed by atoms with E-state index in [1.54, 1.807) is 0 Å². The molecular formula is C21H25N3O. The van der Waals surface area contributed by atoms with E-state index in [-0.39, 0.29) is 0 Å². The summed E-state index contributed by atoms with van der Waals surface area (Å²) in [7, 11) is 0. The number of aryl methyl sites for hydroxylation is 1. The lowest BCUT2D eigenvalue weighted by molar-refractivity contribution is 0.268. The Balaban J connectivity index is 1.99. The zero-order chi connectivity index (χ0) is 18.0. The van der Waals surface area contributed by atoms with Crippen molar-refractivity contribution in [3.05, 3.63) is 53.6 Å².